The van der Waals surface area contributed by atoms with Crippen molar-refractivity contribution < 1.29 is 9.53 Å². The van der Waals surface area contributed by atoms with E-state index < -0.39 is 0 Å². The number of rotatable bonds is 7. The average Bonchev–Trinajstić information content (AvgIpc) is 2.94. The average molecular weight is 368 g/mol. The van der Waals surface area contributed by atoms with Gasteiger partial charge in [-0.2, -0.15) is 0 Å². The second-order valence-corrected chi connectivity index (χ2v) is 6.01. The maximum atomic E-state index is 11.7. The number of amides is 1. The molecule has 1 amide bonds. The molecule has 1 fully saturated rings. The molecular formula is C15H21Cl3N2O2. The molecule has 22 heavy (non-hydrogen) atoms. The van der Waals surface area contributed by atoms with Crippen molar-refractivity contribution in [2.75, 3.05) is 26.2 Å². The number of nitrogens with one attached hydrogen (secondary N) is 2. The zero-order valence-corrected chi connectivity index (χ0v) is 14.6. The molecule has 4 nitrogen and oxygen atoms in total. The molecular weight excluding hydrogens is 347 g/mol. The van der Waals surface area contributed by atoms with E-state index >= 15 is 0 Å². The second-order valence-electron chi connectivity index (χ2n) is 5.17. The summed E-state index contributed by atoms with van der Waals surface area (Å²) in [5.41, 5.74) is 0. The summed E-state index contributed by atoms with van der Waals surface area (Å²) in [5.74, 6) is 1.24. The topological polar surface area (TPSA) is 50.4 Å². The van der Waals surface area contributed by atoms with Crippen molar-refractivity contribution in [1.29, 1.82) is 0 Å². The van der Waals surface area contributed by atoms with E-state index in [1.54, 1.807) is 18.2 Å². The molecule has 1 aromatic rings. The lowest BCUT2D eigenvalue weighted by Crippen LogP contribution is -2.27. The third-order valence-corrected chi connectivity index (χ3v) is 4.05. The van der Waals surface area contributed by atoms with Gasteiger partial charge in [0.2, 0.25) is 5.91 Å². The summed E-state index contributed by atoms with van der Waals surface area (Å²) < 4.78 is 5.48. The smallest absolute Gasteiger partial charge is 0.223 e. The zero-order chi connectivity index (χ0) is 15.1. The van der Waals surface area contributed by atoms with Crippen molar-refractivity contribution in [3.63, 3.8) is 0 Å². The molecule has 0 aliphatic carbocycles. The minimum atomic E-state index is 0. The molecule has 0 aromatic heterocycles. The Bertz CT molecular complexity index is 480. The van der Waals surface area contributed by atoms with Crippen LogP contribution < -0.4 is 15.4 Å². The Kier molecular flexibility index (Phi) is 8.95. The van der Waals surface area contributed by atoms with E-state index in [0.717, 1.165) is 26.1 Å². The monoisotopic (exact) mass is 366 g/mol. The SMILES string of the molecule is Cl.O=C(CCOc1ccc(Cl)cc1Cl)NCCC1CCNC1. The van der Waals surface area contributed by atoms with Crippen LogP contribution >= 0.6 is 35.6 Å². The zero-order valence-electron chi connectivity index (χ0n) is 12.2. The fraction of sp³-hybridized carbons (Fsp3) is 0.533. The first-order chi connectivity index (χ1) is 10.1. The predicted octanol–water partition coefficient (Wildman–Crippen LogP) is 3.30. The molecule has 0 saturated carbocycles. The molecule has 0 spiro atoms. The number of hydrogen-bond acceptors (Lipinski definition) is 3. The van der Waals surface area contributed by atoms with Crippen LogP contribution in [0.1, 0.15) is 19.3 Å². The minimum Gasteiger partial charge on any atom is -0.491 e. The van der Waals surface area contributed by atoms with E-state index in [4.69, 9.17) is 27.9 Å². The van der Waals surface area contributed by atoms with E-state index in [2.05, 4.69) is 10.6 Å². The van der Waals surface area contributed by atoms with Gasteiger partial charge in [-0.25, -0.2) is 0 Å². The van der Waals surface area contributed by atoms with Gasteiger partial charge in [0, 0.05) is 11.6 Å². The molecule has 124 valence electrons. The molecule has 1 atom stereocenters. The number of benzene rings is 1. The van der Waals surface area contributed by atoms with E-state index in [1.807, 2.05) is 0 Å². The third kappa shape index (κ3) is 6.61. The first-order valence-electron chi connectivity index (χ1n) is 7.20. The summed E-state index contributed by atoms with van der Waals surface area (Å²) in [4.78, 5) is 11.7. The van der Waals surface area contributed by atoms with Gasteiger partial charge in [-0.15, -0.1) is 12.4 Å². The summed E-state index contributed by atoms with van der Waals surface area (Å²) >= 11 is 11.8. The van der Waals surface area contributed by atoms with Crippen molar-refractivity contribution in [3.8, 4) is 5.75 Å². The Labute approximate surface area is 147 Å². The molecule has 1 aliphatic rings. The number of ether oxygens (including phenoxy) is 1. The Hall–Kier alpha value is -0.680. The van der Waals surface area contributed by atoms with Crippen LogP contribution in [0.3, 0.4) is 0 Å². The van der Waals surface area contributed by atoms with Crippen LogP contribution in [0.2, 0.25) is 10.0 Å². The van der Waals surface area contributed by atoms with Crippen LogP contribution in [0, 0.1) is 5.92 Å². The van der Waals surface area contributed by atoms with E-state index in [9.17, 15) is 4.79 Å². The van der Waals surface area contributed by atoms with Crippen LogP contribution in [0.15, 0.2) is 18.2 Å². The molecule has 1 saturated heterocycles. The summed E-state index contributed by atoms with van der Waals surface area (Å²) in [6.45, 7) is 3.19. The van der Waals surface area contributed by atoms with E-state index in [1.165, 1.54) is 6.42 Å². The number of hydrogen-bond donors (Lipinski definition) is 2. The van der Waals surface area contributed by atoms with Gasteiger partial charge < -0.3 is 15.4 Å². The fourth-order valence-electron chi connectivity index (χ4n) is 2.31. The van der Waals surface area contributed by atoms with Gasteiger partial charge in [-0.3, -0.25) is 4.79 Å². The summed E-state index contributed by atoms with van der Waals surface area (Å²) in [6, 6.07) is 5.03. The third-order valence-electron chi connectivity index (χ3n) is 3.52. The molecule has 2 rings (SSSR count). The molecule has 0 bridgehead atoms. The highest BCUT2D eigenvalue weighted by molar-refractivity contribution is 6.35. The van der Waals surface area contributed by atoms with Gasteiger partial charge in [0.05, 0.1) is 18.1 Å². The molecule has 1 aromatic carbocycles. The summed E-state index contributed by atoms with van der Waals surface area (Å²) in [7, 11) is 0. The van der Waals surface area contributed by atoms with Crippen molar-refractivity contribution in [2.24, 2.45) is 5.92 Å². The lowest BCUT2D eigenvalue weighted by atomic mass is 10.1. The quantitative estimate of drug-likeness (QED) is 0.777. The molecule has 1 unspecified atom stereocenters. The second kappa shape index (κ2) is 10.2. The highest BCUT2D eigenvalue weighted by atomic mass is 35.5. The maximum Gasteiger partial charge on any atom is 0.223 e. The highest BCUT2D eigenvalue weighted by Crippen LogP contribution is 2.27. The van der Waals surface area contributed by atoms with Crippen LogP contribution in [0.25, 0.3) is 0 Å². The summed E-state index contributed by atoms with van der Waals surface area (Å²) in [5, 5.41) is 7.25. The molecule has 1 aliphatic heterocycles. The molecule has 7 heteroatoms. The Balaban J connectivity index is 0.00000242. The van der Waals surface area contributed by atoms with Gasteiger partial charge in [0.15, 0.2) is 0 Å². The summed E-state index contributed by atoms with van der Waals surface area (Å²) in [6.07, 6.45) is 2.55. The van der Waals surface area contributed by atoms with Crippen LogP contribution in [0.4, 0.5) is 0 Å². The minimum absolute atomic E-state index is 0. The van der Waals surface area contributed by atoms with Gasteiger partial charge in [0.25, 0.3) is 0 Å². The van der Waals surface area contributed by atoms with Crippen molar-refractivity contribution >= 4 is 41.5 Å². The Morgan fingerprint density at radius 1 is 1.41 bits per heavy atom. The molecule has 2 N–H and O–H groups in total. The number of halogens is 3. The number of carbonyl (C=O) groups is 1. The van der Waals surface area contributed by atoms with Gasteiger partial charge in [0.1, 0.15) is 5.75 Å². The van der Waals surface area contributed by atoms with Crippen LogP contribution in [0.5, 0.6) is 5.75 Å². The number of carbonyl (C=O) groups excluding carboxylic acids is 1. The predicted molar refractivity (Wildman–Crippen MR) is 92.4 cm³/mol. The molecule has 1 heterocycles. The normalized spacial score (nSPS) is 16.9. The maximum absolute atomic E-state index is 11.7. The standard InChI is InChI=1S/C15H20Cl2N2O2.ClH/c16-12-1-2-14(13(17)9-12)21-8-5-15(20)19-7-4-11-3-6-18-10-11;/h1-2,9,11,18H,3-8,10H2,(H,19,20);1H. The lowest BCUT2D eigenvalue weighted by Gasteiger charge is -2.10. The Morgan fingerprint density at radius 2 is 2.23 bits per heavy atom. The van der Waals surface area contributed by atoms with Gasteiger partial charge >= 0.3 is 0 Å². The van der Waals surface area contributed by atoms with Crippen molar-refractivity contribution in [1.82, 2.24) is 10.6 Å². The first kappa shape index (κ1) is 19.4. The van der Waals surface area contributed by atoms with Gasteiger partial charge in [-0.05, 0) is 50.0 Å². The van der Waals surface area contributed by atoms with Crippen LogP contribution in [-0.4, -0.2) is 32.1 Å². The fourth-order valence-corrected chi connectivity index (χ4v) is 2.77. The Morgan fingerprint density at radius 3 is 2.91 bits per heavy atom. The molecule has 0 radical (unpaired) electrons. The van der Waals surface area contributed by atoms with E-state index in [-0.39, 0.29) is 18.3 Å². The van der Waals surface area contributed by atoms with Crippen molar-refractivity contribution in [2.45, 2.75) is 19.3 Å². The van der Waals surface area contributed by atoms with Gasteiger partial charge in [-0.1, -0.05) is 23.2 Å². The lowest BCUT2D eigenvalue weighted by molar-refractivity contribution is -0.121. The highest BCUT2D eigenvalue weighted by Gasteiger charge is 2.14. The van der Waals surface area contributed by atoms with E-state index in [0.29, 0.717) is 34.7 Å². The van der Waals surface area contributed by atoms with Crippen LogP contribution in [-0.2, 0) is 4.79 Å². The first-order valence-corrected chi connectivity index (χ1v) is 7.96. The largest absolute Gasteiger partial charge is 0.491 e. The van der Waals surface area contributed by atoms with Crippen molar-refractivity contribution in [3.05, 3.63) is 28.2 Å².